The van der Waals surface area contributed by atoms with Gasteiger partial charge in [-0.1, -0.05) is 50.6 Å². The Hall–Kier alpha value is -0.0200. The predicted molar refractivity (Wildman–Crippen MR) is 77.3 cm³/mol. The fourth-order valence-corrected chi connectivity index (χ4v) is 3.65. The number of hydrogen-bond donors (Lipinski definition) is 0. The summed E-state index contributed by atoms with van der Waals surface area (Å²) >= 11 is 5.90. The molecular formula is C16H23ClI+. The SMILES string of the molecule is CCCCCCCC/C=C/[I+]c1ccc(Cl)cc1. The minimum absolute atomic E-state index is 0.0427. The third-order valence-electron chi connectivity index (χ3n) is 2.81. The summed E-state index contributed by atoms with van der Waals surface area (Å²) in [5.74, 6) is 0. The fraction of sp³-hybridized carbons (Fsp3) is 0.500. The van der Waals surface area contributed by atoms with Crippen molar-refractivity contribution in [3.8, 4) is 0 Å². The lowest BCUT2D eigenvalue weighted by atomic mass is 10.1. The van der Waals surface area contributed by atoms with Crippen LogP contribution in [0.15, 0.2) is 34.4 Å². The van der Waals surface area contributed by atoms with Crippen molar-refractivity contribution in [2.45, 2.75) is 51.9 Å². The highest BCUT2D eigenvalue weighted by Gasteiger charge is 2.05. The molecule has 1 aromatic rings. The van der Waals surface area contributed by atoms with Crippen LogP contribution in [0.25, 0.3) is 0 Å². The lowest BCUT2D eigenvalue weighted by molar-refractivity contribution is -0.557. The lowest BCUT2D eigenvalue weighted by Gasteiger charge is -1.96. The first kappa shape index (κ1) is 16.0. The summed E-state index contributed by atoms with van der Waals surface area (Å²) in [5.41, 5.74) is 0. The van der Waals surface area contributed by atoms with E-state index in [4.69, 9.17) is 11.6 Å². The maximum atomic E-state index is 5.86. The molecule has 0 aromatic heterocycles. The van der Waals surface area contributed by atoms with Gasteiger partial charge >= 0.3 is 21.2 Å². The molecule has 0 aliphatic carbocycles. The summed E-state index contributed by atoms with van der Waals surface area (Å²) < 4.78 is 3.83. The Labute approximate surface area is 127 Å². The molecule has 0 aliphatic rings. The van der Waals surface area contributed by atoms with Gasteiger partial charge in [0, 0.05) is 5.02 Å². The van der Waals surface area contributed by atoms with Crippen LogP contribution in [0.2, 0.25) is 5.02 Å². The van der Waals surface area contributed by atoms with Crippen LogP contribution in [0, 0.1) is 3.57 Å². The molecule has 0 radical (unpaired) electrons. The second-order valence-electron chi connectivity index (χ2n) is 4.46. The van der Waals surface area contributed by atoms with Crippen LogP contribution < -0.4 is 21.2 Å². The summed E-state index contributed by atoms with van der Waals surface area (Å²) in [7, 11) is 0. The fourth-order valence-electron chi connectivity index (χ4n) is 1.73. The Kier molecular flexibility index (Phi) is 9.68. The zero-order valence-corrected chi connectivity index (χ0v) is 14.1. The van der Waals surface area contributed by atoms with Gasteiger partial charge in [0.2, 0.25) is 0 Å². The predicted octanol–water partition coefficient (Wildman–Crippen LogP) is 2.86. The van der Waals surface area contributed by atoms with Gasteiger partial charge in [-0.05, 0) is 43.2 Å². The molecule has 0 heterocycles. The zero-order valence-electron chi connectivity index (χ0n) is 11.2. The van der Waals surface area contributed by atoms with E-state index in [2.05, 4.69) is 29.2 Å². The Morgan fingerprint density at radius 3 is 2.39 bits per heavy atom. The van der Waals surface area contributed by atoms with Crippen LogP contribution in [0.5, 0.6) is 0 Å². The third kappa shape index (κ3) is 8.15. The van der Waals surface area contributed by atoms with Crippen LogP contribution in [0.4, 0.5) is 0 Å². The smallest absolute Gasteiger partial charge is 0.0843 e. The molecule has 18 heavy (non-hydrogen) atoms. The molecular weight excluding hydrogens is 355 g/mol. The summed E-state index contributed by atoms with van der Waals surface area (Å²) in [5, 5.41) is 0.832. The topological polar surface area (TPSA) is 0 Å². The van der Waals surface area contributed by atoms with Crippen molar-refractivity contribution >= 4 is 11.6 Å². The molecule has 0 nitrogen and oxygen atoms in total. The van der Waals surface area contributed by atoms with Gasteiger partial charge in [-0.3, -0.25) is 0 Å². The molecule has 0 fully saturated rings. The van der Waals surface area contributed by atoms with Crippen molar-refractivity contribution in [2.75, 3.05) is 0 Å². The molecule has 0 saturated carbocycles. The average molecular weight is 378 g/mol. The van der Waals surface area contributed by atoms with E-state index in [-0.39, 0.29) is 21.2 Å². The zero-order chi connectivity index (χ0) is 13.1. The van der Waals surface area contributed by atoms with Gasteiger partial charge in [-0.25, -0.2) is 0 Å². The first-order valence-corrected chi connectivity index (χ1v) is 9.57. The number of rotatable bonds is 9. The summed E-state index contributed by atoms with van der Waals surface area (Å²) in [6, 6.07) is 8.26. The van der Waals surface area contributed by atoms with E-state index in [0.717, 1.165) is 5.02 Å². The molecule has 0 N–H and O–H groups in total. The molecule has 0 saturated heterocycles. The first-order chi connectivity index (χ1) is 8.83. The quantitative estimate of drug-likeness (QED) is 0.458. The normalized spacial score (nSPS) is 11.2. The molecule has 100 valence electrons. The largest absolute Gasteiger partial charge is 0.349 e. The molecule has 0 amide bonds. The Morgan fingerprint density at radius 1 is 1.00 bits per heavy atom. The van der Waals surface area contributed by atoms with Gasteiger partial charge in [-0.15, -0.1) is 0 Å². The van der Waals surface area contributed by atoms with Crippen LogP contribution >= 0.6 is 11.6 Å². The molecule has 0 spiro atoms. The van der Waals surface area contributed by atoms with Crippen LogP contribution in [0.1, 0.15) is 51.9 Å². The molecule has 1 rings (SSSR count). The van der Waals surface area contributed by atoms with Crippen LogP contribution in [-0.2, 0) is 0 Å². The van der Waals surface area contributed by atoms with Crippen molar-refractivity contribution in [2.24, 2.45) is 0 Å². The number of allylic oxidation sites excluding steroid dienone is 1. The van der Waals surface area contributed by atoms with Gasteiger partial charge in [0.25, 0.3) is 0 Å². The van der Waals surface area contributed by atoms with Crippen LogP contribution in [0.3, 0.4) is 0 Å². The van der Waals surface area contributed by atoms with Crippen molar-refractivity contribution in [3.05, 3.63) is 43.0 Å². The summed E-state index contributed by atoms with van der Waals surface area (Å²) in [4.78, 5) is 0. The van der Waals surface area contributed by atoms with E-state index in [0.29, 0.717) is 0 Å². The van der Waals surface area contributed by atoms with E-state index in [1.165, 1.54) is 48.5 Å². The summed E-state index contributed by atoms with van der Waals surface area (Å²) in [6.07, 6.45) is 11.9. The van der Waals surface area contributed by atoms with Gasteiger partial charge in [-0.2, -0.15) is 0 Å². The third-order valence-corrected chi connectivity index (χ3v) is 5.36. The second kappa shape index (κ2) is 10.9. The van der Waals surface area contributed by atoms with Gasteiger partial charge < -0.3 is 0 Å². The van der Waals surface area contributed by atoms with Crippen molar-refractivity contribution < 1.29 is 21.2 Å². The standard InChI is InChI=1S/C16H23ClI/c1-2-3-4-5-6-7-8-9-14-18-16-12-10-15(17)11-13-16/h9-14H,2-8H2,1H3/q+1/b14-9+. The minimum atomic E-state index is 0.0427. The molecule has 1 aromatic carbocycles. The first-order valence-electron chi connectivity index (χ1n) is 6.87. The number of halogens is 2. The van der Waals surface area contributed by atoms with Gasteiger partial charge in [0.15, 0.2) is 7.65 Å². The molecule has 0 aliphatic heterocycles. The average Bonchev–Trinajstić information content (AvgIpc) is 2.39. The van der Waals surface area contributed by atoms with E-state index in [9.17, 15) is 0 Å². The molecule has 2 heteroatoms. The van der Waals surface area contributed by atoms with Crippen LogP contribution in [-0.4, -0.2) is 0 Å². The van der Waals surface area contributed by atoms with Gasteiger partial charge in [0.1, 0.15) is 0 Å². The van der Waals surface area contributed by atoms with E-state index < -0.39 is 0 Å². The maximum absolute atomic E-state index is 5.86. The number of unbranched alkanes of at least 4 members (excludes halogenated alkanes) is 6. The minimum Gasteiger partial charge on any atom is -0.0843 e. The Balaban J connectivity index is 2.02. The number of benzene rings is 1. The van der Waals surface area contributed by atoms with E-state index >= 15 is 0 Å². The molecule has 0 atom stereocenters. The molecule has 0 bridgehead atoms. The molecule has 0 unspecified atom stereocenters. The summed E-state index contributed by atoms with van der Waals surface area (Å²) in [6.45, 7) is 2.27. The van der Waals surface area contributed by atoms with Crippen molar-refractivity contribution in [3.63, 3.8) is 0 Å². The maximum Gasteiger partial charge on any atom is 0.349 e. The highest BCUT2D eigenvalue weighted by atomic mass is 127. The van der Waals surface area contributed by atoms with E-state index in [1.807, 2.05) is 12.1 Å². The number of hydrogen-bond acceptors (Lipinski definition) is 0. The highest BCUT2D eigenvalue weighted by molar-refractivity contribution is 6.30. The Morgan fingerprint density at radius 2 is 1.67 bits per heavy atom. The van der Waals surface area contributed by atoms with Gasteiger partial charge in [0.05, 0.1) is 0 Å². The highest BCUT2D eigenvalue weighted by Crippen LogP contribution is 2.06. The second-order valence-corrected chi connectivity index (χ2v) is 7.49. The van der Waals surface area contributed by atoms with Crippen molar-refractivity contribution in [1.82, 2.24) is 0 Å². The monoisotopic (exact) mass is 377 g/mol. The van der Waals surface area contributed by atoms with E-state index in [1.54, 1.807) is 0 Å². The van der Waals surface area contributed by atoms with Crippen molar-refractivity contribution in [1.29, 1.82) is 0 Å². The lowest BCUT2D eigenvalue weighted by Crippen LogP contribution is -3.59. The Bertz CT molecular complexity index is 329.